The number of hydrogen-bond donors (Lipinski definition) is 1. The van der Waals surface area contributed by atoms with Crippen molar-refractivity contribution >= 4 is 11.8 Å². The van der Waals surface area contributed by atoms with Gasteiger partial charge in [-0.1, -0.05) is 23.8 Å². The van der Waals surface area contributed by atoms with E-state index in [4.69, 9.17) is 5.73 Å². The van der Waals surface area contributed by atoms with Crippen molar-refractivity contribution in [2.45, 2.75) is 31.8 Å². The zero-order valence-corrected chi connectivity index (χ0v) is 12.5. The monoisotopic (exact) mass is 272 g/mol. The summed E-state index contributed by atoms with van der Waals surface area (Å²) in [6.45, 7) is 6.40. The Morgan fingerprint density at radius 1 is 1.16 bits per heavy atom. The number of aromatic nitrogens is 1. The molecule has 1 unspecified atom stereocenters. The molecule has 2 nitrogen and oxygen atoms in total. The molecule has 1 aromatic carbocycles. The van der Waals surface area contributed by atoms with E-state index in [0.717, 1.165) is 10.8 Å². The Hall–Kier alpha value is -1.32. The summed E-state index contributed by atoms with van der Waals surface area (Å²) in [6.07, 6.45) is 1.82. The zero-order chi connectivity index (χ0) is 13.8. The van der Waals surface area contributed by atoms with E-state index in [-0.39, 0.29) is 6.04 Å². The quantitative estimate of drug-likeness (QED) is 0.860. The lowest BCUT2D eigenvalue weighted by Crippen LogP contribution is -2.16. The average Bonchev–Trinajstić information content (AvgIpc) is 2.36. The van der Waals surface area contributed by atoms with E-state index in [0.29, 0.717) is 0 Å². The number of nitrogens with zero attached hydrogens (tertiary/aromatic N) is 1. The first kappa shape index (κ1) is 14.1. The van der Waals surface area contributed by atoms with Gasteiger partial charge in [0.05, 0.1) is 5.03 Å². The molecule has 100 valence electrons. The molecule has 0 bridgehead atoms. The molecule has 0 aliphatic carbocycles. The predicted octanol–water partition coefficient (Wildman–Crippen LogP) is 3.80. The molecular weight excluding hydrogens is 252 g/mol. The molecule has 2 aromatic rings. The Morgan fingerprint density at radius 3 is 2.42 bits per heavy atom. The van der Waals surface area contributed by atoms with Gasteiger partial charge in [0.2, 0.25) is 0 Å². The summed E-state index contributed by atoms with van der Waals surface area (Å²) in [7, 11) is 0. The van der Waals surface area contributed by atoms with E-state index >= 15 is 0 Å². The van der Waals surface area contributed by atoms with Crippen molar-refractivity contribution in [3.8, 4) is 0 Å². The fourth-order valence-electron chi connectivity index (χ4n) is 2.47. The van der Waals surface area contributed by atoms with E-state index in [9.17, 15) is 0 Å². The maximum atomic E-state index is 6.35. The summed E-state index contributed by atoms with van der Waals surface area (Å²) >= 11 is 1.71. The molecule has 2 N–H and O–H groups in total. The fraction of sp³-hybridized carbons (Fsp3) is 0.312. The highest BCUT2D eigenvalue weighted by molar-refractivity contribution is 7.99. The highest BCUT2D eigenvalue weighted by Crippen LogP contribution is 2.26. The van der Waals surface area contributed by atoms with E-state index in [2.05, 4.69) is 37.9 Å². The molecule has 0 aliphatic rings. The molecule has 1 heterocycles. The minimum absolute atomic E-state index is 0.0487. The van der Waals surface area contributed by atoms with Crippen molar-refractivity contribution in [2.75, 3.05) is 5.75 Å². The van der Waals surface area contributed by atoms with Crippen molar-refractivity contribution in [3.63, 3.8) is 0 Å². The molecule has 0 aliphatic heterocycles. The van der Waals surface area contributed by atoms with E-state index < -0.39 is 0 Å². The van der Waals surface area contributed by atoms with Crippen molar-refractivity contribution in [2.24, 2.45) is 5.73 Å². The SMILES string of the molecule is Cc1cc(C)c(C(N)CSc2ccccn2)c(C)c1. The normalized spacial score (nSPS) is 12.4. The number of pyridine rings is 1. The minimum Gasteiger partial charge on any atom is -0.323 e. The van der Waals surface area contributed by atoms with Gasteiger partial charge in [-0.15, -0.1) is 11.8 Å². The van der Waals surface area contributed by atoms with Gasteiger partial charge in [-0.3, -0.25) is 0 Å². The second kappa shape index (κ2) is 6.22. The maximum absolute atomic E-state index is 6.35. The summed E-state index contributed by atoms with van der Waals surface area (Å²) in [5.74, 6) is 0.849. The van der Waals surface area contributed by atoms with E-state index in [1.807, 2.05) is 24.4 Å². The molecule has 1 atom stereocenters. The smallest absolute Gasteiger partial charge is 0.0960 e. The second-order valence-corrected chi connectivity index (χ2v) is 5.94. The summed E-state index contributed by atoms with van der Waals surface area (Å²) in [6, 6.07) is 10.4. The van der Waals surface area contributed by atoms with Gasteiger partial charge in [0.1, 0.15) is 0 Å². The fourth-order valence-corrected chi connectivity index (χ4v) is 3.29. The van der Waals surface area contributed by atoms with Gasteiger partial charge >= 0.3 is 0 Å². The lowest BCUT2D eigenvalue weighted by atomic mass is 9.95. The van der Waals surface area contributed by atoms with Crippen LogP contribution in [0.5, 0.6) is 0 Å². The Bertz CT molecular complexity index is 529. The van der Waals surface area contributed by atoms with Crippen LogP contribution in [0, 0.1) is 20.8 Å². The molecule has 19 heavy (non-hydrogen) atoms. The molecular formula is C16H20N2S. The Labute approximate surface area is 119 Å². The number of thioether (sulfide) groups is 1. The highest BCUT2D eigenvalue weighted by atomic mass is 32.2. The third-order valence-corrected chi connectivity index (χ3v) is 4.22. The number of hydrogen-bond acceptors (Lipinski definition) is 3. The Balaban J connectivity index is 2.10. The van der Waals surface area contributed by atoms with Gasteiger partial charge in [0, 0.05) is 18.0 Å². The van der Waals surface area contributed by atoms with Crippen LogP contribution < -0.4 is 5.73 Å². The van der Waals surface area contributed by atoms with Crippen LogP contribution in [-0.2, 0) is 0 Å². The van der Waals surface area contributed by atoms with Crippen LogP contribution in [0.15, 0.2) is 41.6 Å². The van der Waals surface area contributed by atoms with Gasteiger partial charge in [0.15, 0.2) is 0 Å². The first-order valence-electron chi connectivity index (χ1n) is 6.45. The van der Waals surface area contributed by atoms with Crippen LogP contribution in [0.2, 0.25) is 0 Å². The Morgan fingerprint density at radius 2 is 1.84 bits per heavy atom. The molecule has 2 rings (SSSR count). The van der Waals surface area contributed by atoms with E-state index in [1.165, 1.54) is 22.3 Å². The zero-order valence-electron chi connectivity index (χ0n) is 11.7. The van der Waals surface area contributed by atoms with Gasteiger partial charge in [-0.25, -0.2) is 4.98 Å². The van der Waals surface area contributed by atoms with Crippen LogP contribution in [0.25, 0.3) is 0 Å². The van der Waals surface area contributed by atoms with Crippen LogP contribution in [0.4, 0.5) is 0 Å². The van der Waals surface area contributed by atoms with Gasteiger partial charge in [-0.05, 0) is 49.6 Å². The van der Waals surface area contributed by atoms with Gasteiger partial charge < -0.3 is 5.73 Å². The van der Waals surface area contributed by atoms with Crippen molar-refractivity contribution in [1.29, 1.82) is 0 Å². The first-order chi connectivity index (χ1) is 9.08. The summed E-state index contributed by atoms with van der Waals surface area (Å²) in [5, 5.41) is 1.03. The summed E-state index contributed by atoms with van der Waals surface area (Å²) in [4.78, 5) is 4.31. The summed E-state index contributed by atoms with van der Waals surface area (Å²) in [5.41, 5.74) is 11.5. The molecule has 0 radical (unpaired) electrons. The first-order valence-corrected chi connectivity index (χ1v) is 7.43. The van der Waals surface area contributed by atoms with E-state index in [1.54, 1.807) is 11.8 Å². The third kappa shape index (κ3) is 3.58. The third-order valence-electron chi connectivity index (χ3n) is 3.16. The Kier molecular flexibility index (Phi) is 4.61. The molecule has 0 saturated carbocycles. The highest BCUT2D eigenvalue weighted by Gasteiger charge is 2.13. The van der Waals surface area contributed by atoms with Crippen LogP contribution in [0.3, 0.4) is 0 Å². The molecule has 0 spiro atoms. The van der Waals surface area contributed by atoms with Crippen molar-refractivity contribution < 1.29 is 0 Å². The van der Waals surface area contributed by atoms with Gasteiger partial charge in [0.25, 0.3) is 0 Å². The topological polar surface area (TPSA) is 38.9 Å². The number of nitrogens with two attached hydrogens (primary N) is 1. The predicted molar refractivity (Wildman–Crippen MR) is 82.5 cm³/mol. The van der Waals surface area contributed by atoms with Crippen molar-refractivity contribution in [1.82, 2.24) is 4.98 Å². The van der Waals surface area contributed by atoms with Crippen LogP contribution >= 0.6 is 11.8 Å². The molecule has 3 heteroatoms. The lowest BCUT2D eigenvalue weighted by molar-refractivity contribution is 0.812. The average molecular weight is 272 g/mol. The second-order valence-electron chi connectivity index (χ2n) is 4.90. The van der Waals surface area contributed by atoms with Crippen LogP contribution in [-0.4, -0.2) is 10.7 Å². The largest absolute Gasteiger partial charge is 0.323 e. The van der Waals surface area contributed by atoms with Crippen molar-refractivity contribution in [3.05, 3.63) is 58.8 Å². The molecule has 1 aromatic heterocycles. The standard InChI is InChI=1S/C16H20N2S/c1-11-8-12(2)16(13(3)9-11)14(17)10-19-15-6-4-5-7-18-15/h4-9,14H,10,17H2,1-3H3. The summed E-state index contributed by atoms with van der Waals surface area (Å²) < 4.78 is 0. The number of aryl methyl sites for hydroxylation is 3. The molecule has 0 fully saturated rings. The minimum atomic E-state index is 0.0487. The molecule has 0 amide bonds. The number of benzene rings is 1. The van der Waals surface area contributed by atoms with Crippen LogP contribution in [0.1, 0.15) is 28.3 Å². The number of rotatable bonds is 4. The maximum Gasteiger partial charge on any atom is 0.0960 e. The molecule has 0 saturated heterocycles. The van der Waals surface area contributed by atoms with Gasteiger partial charge in [-0.2, -0.15) is 0 Å². The lowest BCUT2D eigenvalue weighted by Gasteiger charge is -2.18.